The first kappa shape index (κ1) is 18.9. The van der Waals surface area contributed by atoms with Gasteiger partial charge in [0.05, 0.1) is 11.4 Å². The summed E-state index contributed by atoms with van der Waals surface area (Å²) in [7, 11) is -3.84. The van der Waals surface area contributed by atoms with Crippen LogP contribution >= 0.6 is 0 Å². The maximum Gasteiger partial charge on any atom is 0.328 e. The van der Waals surface area contributed by atoms with E-state index in [4.69, 9.17) is 5.11 Å². The van der Waals surface area contributed by atoms with Crippen molar-refractivity contribution < 1.29 is 27.9 Å². The molecule has 1 aliphatic rings. The Morgan fingerprint density at radius 2 is 1.84 bits per heavy atom. The van der Waals surface area contributed by atoms with Gasteiger partial charge in [-0.1, -0.05) is 0 Å². The number of sulfonamides is 1. The lowest BCUT2D eigenvalue weighted by Crippen LogP contribution is -2.50. The van der Waals surface area contributed by atoms with E-state index in [1.165, 1.54) is 38.1 Å². The van der Waals surface area contributed by atoms with E-state index in [1.807, 2.05) is 0 Å². The van der Waals surface area contributed by atoms with Gasteiger partial charge in [-0.3, -0.25) is 9.59 Å². The van der Waals surface area contributed by atoms with Gasteiger partial charge in [0, 0.05) is 18.7 Å². The maximum atomic E-state index is 12.5. The van der Waals surface area contributed by atoms with Gasteiger partial charge in [-0.2, -0.15) is 4.31 Å². The topological polar surface area (TPSA) is 133 Å². The zero-order valence-corrected chi connectivity index (χ0v) is 14.6. The van der Waals surface area contributed by atoms with Crippen molar-refractivity contribution in [1.29, 1.82) is 0 Å². The molecule has 3 N–H and O–H groups in total. The van der Waals surface area contributed by atoms with Gasteiger partial charge >= 0.3 is 5.97 Å². The second kappa shape index (κ2) is 6.81. The smallest absolute Gasteiger partial charge is 0.328 e. The van der Waals surface area contributed by atoms with Crippen LogP contribution in [-0.4, -0.2) is 60.8 Å². The number of carbonyl (C=O) groups is 3. The lowest BCUT2D eigenvalue weighted by molar-refractivity contribution is -0.143. The van der Waals surface area contributed by atoms with Crippen LogP contribution in [0.15, 0.2) is 29.2 Å². The number of benzene rings is 1. The molecule has 0 aliphatic carbocycles. The molecule has 1 saturated heterocycles. The minimum atomic E-state index is -3.84. The summed E-state index contributed by atoms with van der Waals surface area (Å²) in [6.45, 7) is 2.84. The molecule has 25 heavy (non-hydrogen) atoms. The number of nitrogens with zero attached hydrogens (tertiary/aromatic N) is 1. The maximum absolute atomic E-state index is 12.5. The third-order valence-electron chi connectivity index (χ3n) is 3.72. The third-order valence-corrected chi connectivity index (χ3v) is 5.58. The first-order valence-corrected chi connectivity index (χ1v) is 8.91. The van der Waals surface area contributed by atoms with Crippen molar-refractivity contribution in [3.8, 4) is 0 Å². The Bertz CT molecular complexity index is 801. The number of hydrogen-bond acceptors (Lipinski definition) is 5. The van der Waals surface area contributed by atoms with Crippen molar-refractivity contribution >= 4 is 27.8 Å². The molecule has 0 aromatic heterocycles. The fourth-order valence-corrected chi connectivity index (χ4v) is 3.55. The van der Waals surface area contributed by atoms with Crippen LogP contribution in [0.5, 0.6) is 0 Å². The number of carbonyl (C=O) groups excluding carboxylic acids is 2. The third kappa shape index (κ3) is 4.15. The summed E-state index contributed by atoms with van der Waals surface area (Å²) in [6.07, 6.45) is 0. The second-order valence-corrected chi connectivity index (χ2v) is 8.04. The van der Waals surface area contributed by atoms with Gasteiger partial charge < -0.3 is 15.7 Å². The van der Waals surface area contributed by atoms with E-state index in [0.717, 1.165) is 4.31 Å². The van der Waals surface area contributed by atoms with E-state index in [1.54, 1.807) is 0 Å². The van der Waals surface area contributed by atoms with Crippen molar-refractivity contribution in [2.75, 3.05) is 19.6 Å². The molecule has 0 spiro atoms. The number of piperazine rings is 1. The molecule has 0 bridgehead atoms. The van der Waals surface area contributed by atoms with E-state index < -0.39 is 27.4 Å². The minimum absolute atomic E-state index is 0.0451. The summed E-state index contributed by atoms with van der Waals surface area (Å²) in [6, 6.07) is 5.10. The highest BCUT2D eigenvalue weighted by Crippen LogP contribution is 2.17. The number of hydrogen-bond donors (Lipinski definition) is 3. The van der Waals surface area contributed by atoms with Crippen molar-refractivity contribution in [1.82, 2.24) is 14.9 Å². The Labute approximate surface area is 145 Å². The summed E-state index contributed by atoms with van der Waals surface area (Å²) < 4.78 is 26.1. The van der Waals surface area contributed by atoms with E-state index in [9.17, 15) is 22.8 Å². The number of nitrogens with one attached hydrogen (secondary N) is 2. The Balaban J connectivity index is 2.17. The monoisotopic (exact) mass is 369 g/mol. The Morgan fingerprint density at radius 1 is 1.24 bits per heavy atom. The van der Waals surface area contributed by atoms with Crippen LogP contribution in [0.2, 0.25) is 0 Å². The average molecular weight is 369 g/mol. The number of carboxylic acid groups (broad SMARTS) is 1. The molecule has 1 fully saturated rings. The fraction of sp³-hybridized carbons (Fsp3) is 0.400. The largest absolute Gasteiger partial charge is 0.480 e. The van der Waals surface area contributed by atoms with Gasteiger partial charge in [-0.05, 0) is 38.1 Å². The van der Waals surface area contributed by atoms with Crippen molar-refractivity contribution in [2.24, 2.45) is 0 Å². The van der Waals surface area contributed by atoms with E-state index in [2.05, 4.69) is 10.6 Å². The predicted octanol–water partition coefficient (Wildman–Crippen LogP) is -0.600. The van der Waals surface area contributed by atoms with E-state index >= 15 is 0 Å². The first-order chi connectivity index (χ1) is 11.5. The van der Waals surface area contributed by atoms with Gasteiger partial charge in [0.25, 0.3) is 5.91 Å². The molecule has 1 aromatic rings. The summed E-state index contributed by atoms with van der Waals surface area (Å²) in [5.74, 6) is -2.20. The molecule has 9 nitrogen and oxygen atoms in total. The number of amides is 2. The van der Waals surface area contributed by atoms with Gasteiger partial charge in [-0.15, -0.1) is 0 Å². The van der Waals surface area contributed by atoms with Crippen LogP contribution in [0.1, 0.15) is 24.2 Å². The molecule has 1 aliphatic heterocycles. The highest BCUT2D eigenvalue weighted by molar-refractivity contribution is 7.89. The van der Waals surface area contributed by atoms with Crippen molar-refractivity contribution in [3.63, 3.8) is 0 Å². The number of rotatable bonds is 5. The summed E-state index contributed by atoms with van der Waals surface area (Å²) >= 11 is 0. The van der Waals surface area contributed by atoms with Crippen molar-refractivity contribution in [3.05, 3.63) is 29.8 Å². The summed E-state index contributed by atoms with van der Waals surface area (Å²) in [5, 5.41) is 13.9. The molecule has 2 amide bonds. The van der Waals surface area contributed by atoms with Crippen molar-refractivity contribution in [2.45, 2.75) is 24.3 Å². The lowest BCUT2D eigenvalue weighted by Gasteiger charge is -2.26. The predicted molar refractivity (Wildman–Crippen MR) is 87.4 cm³/mol. The first-order valence-electron chi connectivity index (χ1n) is 7.47. The number of carboxylic acids is 1. The van der Waals surface area contributed by atoms with Crippen LogP contribution in [-0.2, 0) is 19.6 Å². The van der Waals surface area contributed by atoms with Gasteiger partial charge in [0.15, 0.2) is 0 Å². The van der Waals surface area contributed by atoms with Crippen LogP contribution in [0.3, 0.4) is 0 Å². The molecule has 136 valence electrons. The lowest BCUT2D eigenvalue weighted by atomic mass is 10.1. The molecule has 2 rings (SSSR count). The van der Waals surface area contributed by atoms with E-state index in [-0.39, 0.29) is 36.0 Å². The molecular weight excluding hydrogens is 350 g/mol. The van der Waals surface area contributed by atoms with Crippen LogP contribution in [0.4, 0.5) is 0 Å². The van der Waals surface area contributed by atoms with Gasteiger partial charge in [0.2, 0.25) is 15.9 Å². The highest BCUT2D eigenvalue weighted by atomic mass is 32.2. The quantitative estimate of drug-likeness (QED) is 0.635. The Kier molecular flexibility index (Phi) is 5.14. The molecule has 0 radical (unpaired) electrons. The summed E-state index contributed by atoms with van der Waals surface area (Å²) in [5.41, 5.74) is -1.33. The summed E-state index contributed by atoms with van der Waals surface area (Å²) in [4.78, 5) is 34.4. The molecular formula is C15H19N3O6S. The molecule has 0 atom stereocenters. The normalized spacial score (nSPS) is 16.2. The van der Waals surface area contributed by atoms with Gasteiger partial charge in [-0.25, -0.2) is 13.2 Å². The zero-order valence-electron chi connectivity index (χ0n) is 13.8. The zero-order chi connectivity index (χ0) is 18.8. The Morgan fingerprint density at radius 3 is 2.36 bits per heavy atom. The van der Waals surface area contributed by atoms with Crippen LogP contribution in [0.25, 0.3) is 0 Å². The molecule has 1 aromatic carbocycles. The molecule has 0 unspecified atom stereocenters. The van der Waals surface area contributed by atoms with Gasteiger partial charge in [0.1, 0.15) is 5.54 Å². The molecule has 10 heteroatoms. The standard InChI is InChI=1S/C15H19N3O6S/c1-15(2,14(21)22)17-13(20)10-3-5-11(6-4-10)25(23,24)18-8-7-16-12(19)9-18/h3-6H,7-9H2,1-2H3,(H,16,19)(H,17,20)(H,21,22). The molecule has 0 saturated carbocycles. The highest BCUT2D eigenvalue weighted by Gasteiger charge is 2.31. The average Bonchev–Trinajstić information content (AvgIpc) is 2.54. The minimum Gasteiger partial charge on any atom is -0.480 e. The Hall–Kier alpha value is -2.46. The SMILES string of the molecule is CC(C)(NC(=O)c1ccc(S(=O)(=O)N2CCNC(=O)C2)cc1)C(=O)O. The number of aliphatic carboxylic acids is 1. The van der Waals surface area contributed by atoms with Crippen LogP contribution < -0.4 is 10.6 Å². The van der Waals surface area contributed by atoms with Crippen LogP contribution in [0, 0.1) is 0 Å². The molecule has 1 heterocycles. The van der Waals surface area contributed by atoms with E-state index in [0.29, 0.717) is 0 Å². The fourth-order valence-electron chi connectivity index (χ4n) is 2.16. The second-order valence-electron chi connectivity index (χ2n) is 6.10.